The van der Waals surface area contributed by atoms with Crippen LogP contribution in [-0.2, 0) is 25.6 Å². The van der Waals surface area contributed by atoms with Crippen molar-refractivity contribution in [1.82, 2.24) is 14.9 Å². The summed E-state index contributed by atoms with van der Waals surface area (Å²) in [6.07, 6.45) is 1.07. The summed E-state index contributed by atoms with van der Waals surface area (Å²) in [6.45, 7) is -0.221. The lowest BCUT2D eigenvalue weighted by Gasteiger charge is -2.28. The topological polar surface area (TPSA) is 101 Å². The number of likely N-dealkylation sites (N-methyl/N-ethyl adjacent to an activating group) is 1. The minimum Gasteiger partial charge on any atom is -0.447 e. The molecule has 208 valence electrons. The Kier molecular flexibility index (Phi) is 10.5. The molecule has 0 radical (unpaired) electrons. The summed E-state index contributed by atoms with van der Waals surface area (Å²) in [5.41, 5.74) is 0.491. The van der Waals surface area contributed by atoms with E-state index in [-0.39, 0.29) is 54.9 Å². The molecular weight excluding hydrogens is 534 g/mol. The lowest BCUT2D eigenvalue weighted by molar-refractivity contribution is -0.169. The summed E-state index contributed by atoms with van der Waals surface area (Å²) >= 11 is 6.00. The third kappa shape index (κ3) is 8.33. The molecule has 1 atom stereocenters. The Balaban J connectivity index is 1.64. The largest absolute Gasteiger partial charge is 0.447 e. The third-order valence-electron chi connectivity index (χ3n) is 6.22. The Morgan fingerprint density at radius 2 is 1.82 bits per heavy atom. The first kappa shape index (κ1) is 29.7. The number of carbonyl (C=O) groups excluding carboxylic acids is 3. The minimum absolute atomic E-state index is 0.0190. The molecule has 3 aromatic rings. The number of anilines is 1. The molecule has 39 heavy (non-hydrogen) atoms. The standard InChI is InChI=1S/C27H29ClF2N4O5/c1-33(24(35)11-8-17-5-4-6-22(30)26(17)28)21(10-12-25(36)34(2)38-3)16-39-27(37)32-23-14-19-13-20(29)9-7-18(19)15-31-23/h4-7,9,13-15,21H,8,10-12,16H2,1-3H3,(H,31,32,37)/t21-/m0/s1. The Bertz CT molecular complexity index is 1340. The van der Waals surface area contributed by atoms with Crippen molar-refractivity contribution in [2.45, 2.75) is 31.7 Å². The number of hydrogen-bond acceptors (Lipinski definition) is 6. The van der Waals surface area contributed by atoms with Crippen LogP contribution < -0.4 is 5.32 Å². The zero-order valence-corrected chi connectivity index (χ0v) is 22.5. The molecule has 9 nitrogen and oxygen atoms in total. The number of nitrogens with one attached hydrogen (secondary N) is 1. The van der Waals surface area contributed by atoms with Gasteiger partial charge in [-0.1, -0.05) is 23.7 Å². The summed E-state index contributed by atoms with van der Waals surface area (Å²) in [4.78, 5) is 48.1. The van der Waals surface area contributed by atoms with Gasteiger partial charge in [0, 0.05) is 38.5 Å². The van der Waals surface area contributed by atoms with Crippen LogP contribution in [0.1, 0.15) is 24.8 Å². The van der Waals surface area contributed by atoms with E-state index in [1.54, 1.807) is 12.1 Å². The molecule has 12 heteroatoms. The molecule has 0 saturated carbocycles. The maximum absolute atomic E-state index is 13.7. The van der Waals surface area contributed by atoms with E-state index in [1.165, 1.54) is 62.6 Å². The average molecular weight is 563 g/mol. The van der Waals surface area contributed by atoms with Crippen LogP contribution in [-0.4, -0.2) is 66.7 Å². The van der Waals surface area contributed by atoms with Crippen molar-refractivity contribution in [1.29, 1.82) is 0 Å². The number of hydroxylamine groups is 2. The first-order valence-electron chi connectivity index (χ1n) is 12.1. The fourth-order valence-electron chi connectivity index (χ4n) is 3.79. The summed E-state index contributed by atoms with van der Waals surface area (Å²) < 4.78 is 32.6. The zero-order valence-electron chi connectivity index (χ0n) is 21.7. The van der Waals surface area contributed by atoms with Gasteiger partial charge in [0.15, 0.2) is 0 Å². The van der Waals surface area contributed by atoms with E-state index in [0.29, 0.717) is 16.3 Å². The number of aryl methyl sites for hydroxylation is 1. The molecule has 0 unspecified atom stereocenters. The molecule has 0 aliphatic heterocycles. The number of carbonyl (C=O) groups is 3. The van der Waals surface area contributed by atoms with Crippen molar-refractivity contribution in [3.05, 3.63) is 70.9 Å². The van der Waals surface area contributed by atoms with Crippen LogP contribution in [0.4, 0.5) is 19.4 Å². The second-order valence-corrected chi connectivity index (χ2v) is 9.15. The van der Waals surface area contributed by atoms with Crippen LogP contribution in [0.2, 0.25) is 5.02 Å². The molecular formula is C27H29ClF2N4O5. The number of pyridine rings is 1. The average Bonchev–Trinajstić information content (AvgIpc) is 2.92. The number of fused-ring (bicyclic) bond motifs is 1. The van der Waals surface area contributed by atoms with E-state index < -0.39 is 23.8 Å². The van der Waals surface area contributed by atoms with E-state index in [9.17, 15) is 23.2 Å². The second kappa shape index (κ2) is 13.8. The number of hydrogen-bond donors (Lipinski definition) is 1. The van der Waals surface area contributed by atoms with Gasteiger partial charge < -0.3 is 9.64 Å². The number of nitrogens with zero attached hydrogens (tertiary/aromatic N) is 3. The van der Waals surface area contributed by atoms with Crippen LogP contribution in [0.15, 0.2) is 48.7 Å². The van der Waals surface area contributed by atoms with Crippen LogP contribution in [0.5, 0.6) is 0 Å². The molecule has 0 aliphatic rings. The molecule has 3 amide bonds. The van der Waals surface area contributed by atoms with Gasteiger partial charge in [0.25, 0.3) is 0 Å². The maximum Gasteiger partial charge on any atom is 0.412 e. The van der Waals surface area contributed by atoms with Gasteiger partial charge in [-0.3, -0.25) is 19.7 Å². The molecule has 0 spiro atoms. The molecule has 0 aliphatic carbocycles. The Hall–Kier alpha value is -3.83. The minimum atomic E-state index is -0.837. The SMILES string of the molecule is CON(C)C(=O)CC[C@@H](COC(=O)Nc1cc2cc(F)ccc2cn1)N(C)C(=O)CCc1cccc(F)c1Cl. The van der Waals surface area contributed by atoms with Gasteiger partial charge in [0.2, 0.25) is 11.8 Å². The number of rotatable bonds is 11. The quantitative estimate of drug-likeness (QED) is 0.331. The number of amides is 3. The predicted molar refractivity (Wildman–Crippen MR) is 142 cm³/mol. The Labute approximate surface area is 229 Å². The van der Waals surface area contributed by atoms with Gasteiger partial charge in [-0.2, -0.15) is 0 Å². The van der Waals surface area contributed by atoms with Crippen molar-refractivity contribution in [2.75, 3.05) is 33.1 Å². The molecule has 2 aromatic carbocycles. The Morgan fingerprint density at radius 1 is 1.05 bits per heavy atom. The smallest absolute Gasteiger partial charge is 0.412 e. The van der Waals surface area contributed by atoms with Crippen molar-refractivity contribution in [2.24, 2.45) is 0 Å². The number of halogens is 3. The monoisotopic (exact) mass is 562 g/mol. The van der Waals surface area contributed by atoms with E-state index in [2.05, 4.69) is 10.3 Å². The maximum atomic E-state index is 13.7. The van der Waals surface area contributed by atoms with E-state index >= 15 is 0 Å². The van der Waals surface area contributed by atoms with Crippen molar-refractivity contribution < 1.29 is 32.7 Å². The normalized spacial score (nSPS) is 11.6. The first-order chi connectivity index (χ1) is 18.6. The molecule has 1 aromatic heterocycles. The molecule has 1 N–H and O–H groups in total. The second-order valence-electron chi connectivity index (χ2n) is 8.77. The fourth-order valence-corrected chi connectivity index (χ4v) is 4.01. The zero-order chi connectivity index (χ0) is 28.5. The highest BCUT2D eigenvalue weighted by Gasteiger charge is 2.24. The summed E-state index contributed by atoms with van der Waals surface area (Å²) in [5, 5.41) is 4.75. The van der Waals surface area contributed by atoms with Crippen LogP contribution in [0.3, 0.4) is 0 Å². The van der Waals surface area contributed by atoms with Crippen molar-refractivity contribution in [3.8, 4) is 0 Å². The highest BCUT2D eigenvalue weighted by Crippen LogP contribution is 2.22. The van der Waals surface area contributed by atoms with Crippen LogP contribution in [0.25, 0.3) is 10.8 Å². The molecule has 0 bridgehead atoms. The van der Waals surface area contributed by atoms with E-state index in [1.807, 2.05) is 0 Å². The summed E-state index contributed by atoms with van der Waals surface area (Å²) in [7, 11) is 4.35. The highest BCUT2D eigenvalue weighted by atomic mass is 35.5. The molecule has 3 rings (SSSR count). The Morgan fingerprint density at radius 3 is 2.56 bits per heavy atom. The van der Waals surface area contributed by atoms with E-state index in [4.69, 9.17) is 21.2 Å². The molecule has 0 fully saturated rings. The summed E-state index contributed by atoms with van der Waals surface area (Å²) in [5.74, 6) is -1.48. The lowest BCUT2D eigenvalue weighted by atomic mass is 10.1. The summed E-state index contributed by atoms with van der Waals surface area (Å²) in [6, 6.07) is 9.43. The number of benzene rings is 2. The van der Waals surface area contributed by atoms with Crippen molar-refractivity contribution in [3.63, 3.8) is 0 Å². The van der Waals surface area contributed by atoms with Crippen LogP contribution in [0, 0.1) is 11.6 Å². The predicted octanol–water partition coefficient (Wildman–Crippen LogP) is 4.97. The first-order valence-corrected chi connectivity index (χ1v) is 12.4. The van der Waals surface area contributed by atoms with E-state index in [0.717, 1.165) is 5.06 Å². The van der Waals surface area contributed by atoms with Gasteiger partial charge >= 0.3 is 6.09 Å². The van der Waals surface area contributed by atoms with Crippen LogP contribution >= 0.6 is 11.6 Å². The van der Waals surface area contributed by atoms with Gasteiger partial charge in [-0.05, 0) is 54.1 Å². The lowest BCUT2D eigenvalue weighted by Crippen LogP contribution is -2.42. The molecule has 1 heterocycles. The number of ether oxygens (including phenoxy) is 1. The van der Waals surface area contributed by atoms with Gasteiger partial charge in [-0.25, -0.2) is 23.6 Å². The number of aromatic nitrogens is 1. The third-order valence-corrected chi connectivity index (χ3v) is 6.64. The highest BCUT2D eigenvalue weighted by molar-refractivity contribution is 6.31. The molecule has 0 saturated heterocycles. The van der Waals surface area contributed by atoms with Gasteiger partial charge in [0.05, 0.1) is 18.2 Å². The fraction of sp³-hybridized carbons (Fsp3) is 0.333. The van der Waals surface area contributed by atoms with Crippen molar-refractivity contribution >= 4 is 46.1 Å². The van der Waals surface area contributed by atoms with Gasteiger partial charge in [-0.15, -0.1) is 0 Å². The van der Waals surface area contributed by atoms with Gasteiger partial charge in [0.1, 0.15) is 24.1 Å².